The molecular formula is C6H7N3O3S. The summed E-state index contributed by atoms with van der Waals surface area (Å²) >= 11 is 4.71. The Bertz CT molecular complexity index is 376. The summed E-state index contributed by atoms with van der Waals surface area (Å²) in [6.07, 6.45) is 1.07. The summed E-state index contributed by atoms with van der Waals surface area (Å²) in [5.74, 6) is 0. The molecule has 0 fully saturated rings. The number of aromatic nitrogens is 2. The molecule has 0 atom stereocenters. The molecule has 0 aliphatic heterocycles. The molecule has 0 aliphatic rings. The Morgan fingerprint density at radius 2 is 2.54 bits per heavy atom. The Morgan fingerprint density at radius 3 is 3.00 bits per heavy atom. The van der Waals surface area contributed by atoms with E-state index in [0.717, 1.165) is 6.20 Å². The fourth-order valence-electron chi connectivity index (χ4n) is 0.712. The van der Waals surface area contributed by atoms with Crippen LogP contribution in [0.15, 0.2) is 6.20 Å². The van der Waals surface area contributed by atoms with E-state index in [-0.39, 0.29) is 16.3 Å². The summed E-state index contributed by atoms with van der Waals surface area (Å²) in [6, 6.07) is 0.193. The molecule has 13 heavy (non-hydrogen) atoms. The van der Waals surface area contributed by atoms with Crippen molar-refractivity contribution in [2.45, 2.75) is 6.92 Å². The van der Waals surface area contributed by atoms with Crippen LogP contribution in [0.25, 0.3) is 0 Å². The standard InChI is InChI=1S/C6H7N3O3S/c1-2-12-6-7-3-4(9(10)11)5(13)8-6/h3H,2H2,1H3,(H,7,8,13). The van der Waals surface area contributed by atoms with Gasteiger partial charge in [-0.15, -0.1) is 0 Å². The van der Waals surface area contributed by atoms with E-state index in [1.165, 1.54) is 0 Å². The molecule has 0 bridgehead atoms. The average molecular weight is 201 g/mol. The summed E-state index contributed by atoms with van der Waals surface area (Å²) in [4.78, 5) is 15.9. The third-order valence-electron chi connectivity index (χ3n) is 1.23. The lowest BCUT2D eigenvalue weighted by molar-refractivity contribution is -0.386. The van der Waals surface area contributed by atoms with Crippen LogP contribution < -0.4 is 4.74 Å². The second kappa shape index (κ2) is 3.94. The van der Waals surface area contributed by atoms with Gasteiger partial charge in [-0.1, -0.05) is 12.2 Å². The molecule has 0 spiro atoms. The molecule has 1 rings (SSSR count). The maximum absolute atomic E-state index is 10.3. The molecule has 1 aromatic heterocycles. The van der Waals surface area contributed by atoms with Gasteiger partial charge in [0.25, 0.3) is 6.01 Å². The number of ether oxygens (including phenoxy) is 1. The minimum Gasteiger partial charge on any atom is -0.465 e. The summed E-state index contributed by atoms with van der Waals surface area (Å²) in [7, 11) is 0. The van der Waals surface area contributed by atoms with Gasteiger partial charge in [0.15, 0.2) is 4.64 Å². The lowest BCUT2D eigenvalue weighted by atomic mass is 10.6. The summed E-state index contributed by atoms with van der Waals surface area (Å²) in [6.45, 7) is 2.20. The monoisotopic (exact) mass is 201 g/mol. The summed E-state index contributed by atoms with van der Waals surface area (Å²) in [5, 5.41) is 10.3. The van der Waals surface area contributed by atoms with Crippen LogP contribution in [0.3, 0.4) is 0 Å². The third kappa shape index (κ3) is 2.22. The number of hydrogen-bond acceptors (Lipinski definition) is 5. The Morgan fingerprint density at radius 1 is 1.85 bits per heavy atom. The minimum absolute atomic E-state index is 0.0171. The van der Waals surface area contributed by atoms with Crippen molar-refractivity contribution < 1.29 is 9.66 Å². The fraction of sp³-hybridized carbons (Fsp3) is 0.333. The zero-order chi connectivity index (χ0) is 9.84. The van der Waals surface area contributed by atoms with Crippen molar-refractivity contribution in [3.8, 4) is 6.01 Å². The van der Waals surface area contributed by atoms with Gasteiger partial charge in [0.1, 0.15) is 6.20 Å². The van der Waals surface area contributed by atoms with Gasteiger partial charge in [-0.3, -0.25) is 15.1 Å². The first-order valence-corrected chi connectivity index (χ1v) is 3.92. The van der Waals surface area contributed by atoms with Crippen molar-refractivity contribution in [2.75, 3.05) is 6.61 Å². The van der Waals surface area contributed by atoms with Crippen LogP contribution >= 0.6 is 12.2 Å². The molecule has 0 saturated heterocycles. The van der Waals surface area contributed by atoms with Crippen molar-refractivity contribution in [1.82, 2.24) is 9.97 Å². The minimum atomic E-state index is -0.596. The van der Waals surface area contributed by atoms with E-state index < -0.39 is 4.92 Å². The number of hydrogen-bond donors (Lipinski definition) is 1. The third-order valence-corrected chi connectivity index (χ3v) is 1.55. The van der Waals surface area contributed by atoms with Crippen molar-refractivity contribution >= 4 is 17.9 Å². The van der Waals surface area contributed by atoms with Crippen molar-refractivity contribution in [3.05, 3.63) is 21.0 Å². The first kappa shape index (κ1) is 9.59. The highest BCUT2D eigenvalue weighted by Crippen LogP contribution is 2.12. The molecule has 0 saturated carbocycles. The summed E-state index contributed by atoms with van der Waals surface area (Å²) < 4.78 is 4.98. The van der Waals surface area contributed by atoms with Gasteiger partial charge in [0, 0.05) is 0 Å². The molecule has 0 unspecified atom stereocenters. The molecule has 0 radical (unpaired) electrons. The van der Waals surface area contributed by atoms with Gasteiger partial charge in [-0.05, 0) is 6.92 Å². The Kier molecular flexibility index (Phi) is 2.91. The first-order valence-electron chi connectivity index (χ1n) is 3.51. The van der Waals surface area contributed by atoms with Crippen LogP contribution in [0.5, 0.6) is 6.01 Å². The van der Waals surface area contributed by atoms with Crippen molar-refractivity contribution in [1.29, 1.82) is 0 Å². The maximum atomic E-state index is 10.3. The molecular weight excluding hydrogens is 194 g/mol. The number of aromatic amines is 1. The van der Waals surface area contributed by atoms with E-state index in [1.807, 2.05) is 0 Å². The van der Waals surface area contributed by atoms with Gasteiger partial charge in [-0.25, -0.2) is 0 Å². The van der Waals surface area contributed by atoms with E-state index in [9.17, 15) is 10.1 Å². The zero-order valence-electron chi connectivity index (χ0n) is 6.81. The fourth-order valence-corrected chi connectivity index (χ4v) is 0.927. The molecule has 0 aromatic carbocycles. The van der Waals surface area contributed by atoms with Crippen LogP contribution in [-0.4, -0.2) is 21.5 Å². The Balaban J connectivity index is 3.06. The SMILES string of the molecule is CCOc1ncc([N+](=O)[O-])c(=S)[nH]1. The van der Waals surface area contributed by atoms with Crippen LogP contribution in [0, 0.1) is 14.8 Å². The molecule has 6 nitrogen and oxygen atoms in total. The average Bonchev–Trinajstić information content (AvgIpc) is 2.04. The number of nitro groups is 1. The van der Waals surface area contributed by atoms with E-state index in [2.05, 4.69) is 9.97 Å². The highest BCUT2D eigenvalue weighted by Gasteiger charge is 2.09. The number of nitrogens with zero attached hydrogens (tertiary/aromatic N) is 2. The van der Waals surface area contributed by atoms with Crippen LogP contribution in [0.2, 0.25) is 0 Å². The lowest BCUT2D eigenvalue weighted by Crippen LogP contribution is -1.99. The maximum Gasteiger partial charge on any atom is 0.322 e. The van der Waals surface area contributed by atoms with Crippen LogP contribution in [0.1, 0.15) is 6.92 Å². The largest absolute Gasteiger partial charge is 0.465 e. The van der Waals surface area contributed by atoms with Gasteiger partial charge >= 0.3 is 5.69 Å². The molecule has 70 valence electrons. The molecule has 0 aliphatic carbocycles. The van der Waals surface area contributed by atoms with E-state index >= 15 is 0 Å². The number of rotatable bonds is 3. The molecule has 7 heteroatoms. The van der Waals surface area contributed by atoms with Crippen molar-refractivity contribution in [3.63, 3.8) is 0 Å². The van der Waals surface area contributed by atoms with Crippen LogP contribution in [-0.2, 0) is 0 Å². The highest BCUT2D eigenvalue weighted by atomic mass is 32.1. The van der Waals surface area contributed by atoms with Crippen LogP contribution in [0.4, 0.5) is 5.69 Å². The molecule has 1 heterocycles. The van der Waals surface area contributed by atoms with Crippen molar-refractivity contribution in [2.24, 2.45) is 0 Å². The molecule has 1 aromatic rings. The highest BCUT2D eigenvalue weighted by molar-refractivity contribution is 7.71. The second-order valence-corrected chi connectivity index (χ2v) is 2.50. The van der Waals surface area contributed by atoms with Gasteiger partial charge < -0.3 is 4.74 Å². The van der Waals surface area contributed by atoms with Gasteiger partial charge in [0.2, 0.25) is 0 Å². The predicted octanol–water partition coefficient (Wildman–Crippen LogP) is 1.45. The normalized spacial score (nSPS) is 9.62. The lowest BCUT2D eigenvalue weighted by Gasteiger charge is -1.99. The van der Waals surface area contributed by atoms with E-state index in [1.54, 1.807) is 6.92 Å². The summed E-state index contributed by atoms with van der Waals surface area (Å²) in [5.41, 5.74) is -0.224. The quantitative estimate of drug-likeness (QED) is 0.454. The Hall–Kier alpha value is -1.50. The first-order chi connectivity index (χ1) is 6.15. The topological polar surface area (TPSA) is 81.1 Å². The Labute approximate surface area is 78.7 Å². The smallest absolute Gasteiger partial charge is 0.322 e. The molecule has 0 amide bonds. The number of H-pyrrole nitrogens is 1. The van der Waals surface area contributed by atoms with Gasteiger partial charge in [0.05, 0.1) is 11.5 Å². The van der Waals surface area contributed by atoms with E-state index in [0.29, 0.717) is 6.61 Å². The predicted molar refractivity (Wildman–Crippen MR) is 47.2 cm³/mol. The van der Waals surface area contributed by atoms with E-state index in [4.69, 9.17) is 17.0 Å². The number of nitrogens with one attached hydrogen (secondary N) is 1. The second-order valence-electron chi connectivity index (χ2n) is 2.09. The zero-order valence-corrected chi connectivity index (χ0v) is 7.63. The van der Waals surface area contributed by atoms with Gasteiger partial charge in [-0.2, -0.15) is 4.98 Å². The molecule has 1 N–H and O–H groups in total.